The highest BCUT2D eigenvalue weighted by Crippen LogP contribution is 2.36. The lowest BCUT2D eigenvalue weighted by atomic mass is 10.1. The topological polar surface area (TPSA) is 63.7 Å². The van der Waals surface area contributed by atoms with Crippen molar-refractivity contribution in [3.63, 3.8) is 0 Å². The van der Waals surface area contributed by atoms with Crippen LogP contribution in [0.5, 0.6) is 5.75 Å². The van der Waals surface area contributed by atoms with Crippen molar-refractivity contribution in [3.8, 4) is 5.75 Å². The molecule has 10 heteroatoms. The average Bonchev–Trinajstić information content (AvgIpc) is 3.05. The highest BCUT2D eigenvalue weighted by molar-refractivity contribution is 9.10. The van der Waals surface area contributed by atoms with Gasteiger partial charge in [-0.05, 0) is 78.0 Å². The van der Waals surface area contributed by atoms with Crippen LogP contribution in [0, 0.1) is 0 Å². The van der Waals surface area contributed by atoms with Crippen molar-refractivity contribution in [2.45, 2.75) is 6.54 Å². The molecule has 0 unspecified atom stereocenters. The molecular weight excluding hydrogens is 585 g/mol. The van der Waals surface area contributed by atoms with Gasteiger partial charge in [0.1, 0.15) is 5.75 Å². The van der Waals surface area contributed by atoms with Gasteiger partial charge >= 0.3 is 5.97 Å². The van der Waals surface area contributed by atoms with Gasteiger partial charge in [0.15, 0.2) is 0 Å². The fourth-order valence-corrected chi connectivity index (χ4v) is 4.87. The molecule has 1 heterocycles. The first kappa shape index (κ1) is 24.8. The Morgan fingerprint density at radius 2 is 1.68 bits per heavy atom. The van der Waals surface area contributed by atoms with Crippen LogP contribution in [0.1, 0.15) is 21.5 Å². The summed E-state index contributed by atoms with van der Waals surface area (Å²) in [5.74, 6) is -0.828. The third-order valence-corrected chi connectivity index (χ3v) is 7.00. The predicted octanol–water partition coefficient (Wildman–Crippen LogP) is 7.87. The van der Waals surface area contributed by atoms with Crippen molar-refractivity contribution >= 4 is 85.7 Å². The van der Waals surface area contributed by atoms with Gasteiger partial charge in [0.2, 0.25) is 0 Å². The van der Waals surface area contributed by atoms with E-state index in [1.165, 1.54) is 6.08 Å². The molecule has 5 nitrogen and oxygen atoms in total. The monoisotopic (exact) mass is 595 g/mol. The van der Waals surface area contributed by atoms with E-state index < -0.39 is 17.1 Å². The van der Waals surface area contributed by atoms with Crippen molar-refractivity contribution in [2.75, 3.05) is 0 Å². The van der Waals surface area contributed by atoms with Crippen molar-refractivity contribution in [1.82, 2.24) is 4.90 Å². The number of rotatable bonds is 5. The number of amides is 2. The molecule has 0 atom stereocenters. The molecule has 0 aromatic heterocycles. The summed E-state index contributed by atoms with van der Waals surface area (Å²) in [6, 6.07) is 16.1. The van der Waals surface area contributed by atoms with E-state index in [1.54, 1.807) is 60.7 Å². The second-order valence-corrected chi connectivity index (χ2v) is 10.3. The van der Waals surface area contributed by atoms with Crippen LogP contribution in [0.2, 0.25) is 15.1 Å². The standard InChI is InChI=1S/C24H13BrCl3NO4S/c25-16-4-8-20(33-23(31)13-1-5-17(26)6-2-13)15(9-16)10-21-22(30)29(24(32)34-21)12-14-3-7-18(27)11-19(14)28/h1-11H,12H2/b21-10-. The molecule has 1 aliphatic heterocycles. The smallest absolute Gasteiger partial charge is 0.343 e. The van der Waals surface area contributed by atoms with Crippen LogP contribution in [-0.4, -0.2) is 22.0 Å². The van der Waals surface area contributed by atoms with Gasteiger partial charge in [-0.3, -0.25) is 14.5 Å². The van der Waals surface area contributed by atoms with Crippen molar-refractivity contribution in [1.29, 1.82) is 0 Å². The zero-order chi connectivity index (χ0) is 24.4. The molecule has 1 saturated heterocycles. The van der Waals surface area contributed by atoms with Crippen LogP contribution in [0.15, 0.2) is 70.0 Å². The number of imide groups is 1. The average molecular weight is 598 g/mol. The Labute approximate surface area is 222 Å². The summed E-state index contributed by atoms with van der Waals surface area (Å²) in [4.78, 5) is 39.4. The van der Waals surface area contributed by atoms with Crippen molar-refractivity contribution < 1.29 is 19.1 Å². The van der Waals surface area contributed by atoms with E-state index in [0.29, 0.717) is 36.2 Å². The number of carbonyl (C=O) groups is 3. The van der Waals surface area contributed by atoms with Gasteiger partial charge in [0.05, 0.1) is 17.0 Å². The highest BCUT2D eigenvalue weighted by atomic mass is 79.9. The van der Waals surface area contributed by atoms with Crippen LogP contribution in [-0.2, 0) is 11.3 Å². The number of hydrogen-bond donors (Lipinski definition) is 0. The maximum Gasteiger partial charge on any atom is 0.343 e. The van der Waals surface area contributed by atoms with Crippen LogP contribution < -0.4 is 4.74 Å². The van der Waals surface area contributed by atoms with Gasteiger partial charge < -0.3 is 4.74 Å². The quantitative estimate of drug-likeness (QED) is 0.170. The van der Waals surface area contributed by atoms with Crippen LogP contribution in [0.25, 0.3) is 6.08 Å². The summed E-state index contributed by atoms with van der Waals surface area (Å²) in [5, 5.41) is 0.880. The Balaban J connectivity index is 1.59. The molecule has 2 amide bonds. The first-order valence-electron chi connectivity index (χ1n) is 9.68. The molecule has 1 aliphatic rings. The largest absolute Gasteiger partial charge is 0.422 e. The Kier molecular flexibility index (Phi) is 7.70. The lowest BCUT2D eigenvalue weighted by Crippen LogP contribution is -2.27. The Hall–Kier alpha value is -2.29. The van der Waals surface area contributed by atoms with Crippen LogP contribution in [0.3, 0.4) is 0 Å². The molecule has 0 saturated carbocycles. The number of benzene rings is 3. The number of halogens is 4. The van der Waals surface area contributed by atoms with Crippen molar-refractivity contribution in [2.24, 2.45) is 0 Å². The molecule has 172 valence electrons. The van der Waals surface area contributed by atoms with E-state index >= 15 is 0 Å². The minimum Gasteiger partial charge on any atom is -0.422 e. The Morgan fingerprint density at radius 3 is 2.38 bits per heavy atom. The summed E-state index contributed by atoms with van der Waals surface area (Å²) >= 11 is 22.2. The number of ether oxygens (including phenoxy) is 1. The summed E-state index contributed by atoms with van der Waals surface area (Å²) in [7, 11) is 0. The second-order valence-electron chi connectivity index (χ2n) is 7.08. The molecule has 0 aliphatic carbocycles. The maximum atomic E-state index is 13.0. The summed E-state index contributed by atoms with van der Waals surface area (Å²) in [6.45, 7) is 0.00883. The van der Waals surface area contributed by atoms with Gasteiger partial charge in [-0.2, -0.15) is 0 Å². The minimum atomic E-state index is -0.584. The summed E-state index contributed by atoms with van der Waals surface area (Å²) < 4.78 is 6.26. The number of thioether (sulfide) groups is 1. The molecule has 4 rings (SSSR count). The first-order valence-corrected chi connectivity index (χ1v) is 12.4. The zero-order valence-corrected chi connectivity index (χ0v) is 21.7. The van der Waals surface area contributed by atoms with E-state index in [2.05, 4.69) is 15.9 Å². The Bertz CT molecular complexity index is 1340. The molecular formula is C24H13BrCl3NO4S. The third kappa shape index (κ3) is 5.67. The van der Waals surface area contributed by atoms with E-state index in [-0.39, 0.29) is 17.2 Å². The van der Waals surface area contributed by atoms with E-state index in [0.717, 1.165) is 16.7 Å². The normalized spacial score (nSPS) is 14.7. The molecule has 3 aromatic carbocycles. The lowest BCUT2D eigenvalue weighted by molar-refractivity contribution is -0.123. The zero-order valence-electron chi connectivity index (χ0n) is 17.1. The molecule has 34 heavy (non-hydrogen) atoms. The first-order chi connectivity index (χ1) is 16.2. The van der Waals surface area contributed by atoms with Gasteiger partial charge in [0.25, 0.3) is 11.1 Å². The summed E-state index contributed by atoms with van der Waals surface area (Å²) in [6.07, 6.45) is 1.52. The van der Waals surface area contributed by atoms with E-state index in [1.807, 2.05) is 0 Å². The van der Waals surface area contributed by atoms with Gasteiger partial charge in [-0.15, -0.1) is 0 Å². The third-order valence-electron chi connectivity index (χ3n) is 4.76. The lowest BCUT2D eigenvalue weighted by Gasteiger charge is -2.13. The number of esters is 1. The second kappa shape index (κ2) is 10.5. The minimum absolute atomic E-state index is 0.00883. The van der Waals surface area contributed by atoms with Gasteiger partial charge in [-0.1, -0.05) is 56.8 Å². The van der Waals surface area contributed by atoms with E-state index in [9.17, 15) is 14.4 Å². The van der Waals surface area contributed by atoms with Crippen LogP contribution >= 0.6 is 62.5 Å². The highest BCUT2D eigenvalue weighted by Gasteiger charge is 2.35. The molecule has 0 N–H and O–H groups in total. The number of hydrogen-bond acceptors (Lipinski definition) is 5. The molecule has 0 radical (unpaired) electrons. The maximum absolute atomic E-state index is 13.0. The summed E-state index contributed by atoms with van der Waals surface area (Å²) in [5.41, 5.74) is 1.36. The number of nitrogens with zero attached hydrogens (tertiary/aromatic N) is 1. The fourth-order valence-electron chi connectivity index (χ4n) is 3.07. The fraction of sp³-hybridized carbons (Fsp3) is 0.0417. The molecule has 3 aromatic rings. The van der Waals surface area contributed by atoms with Gasteiger partial charge in [-0.25, -0.2) is 4.79 Å². The van der Waals surface area contributed by atoms with Crippen molar-refractivity contribution in [3.05, 3.63) is 102 Å². The molecule has 1 fully saturated rings. The number of carbonyl (C=O) groups excluding carboxylic acids is 3. The SMILES string of the molecule is O=C(Oc1ccc(Br)cc1/C=C1\SC(=O)N(Cc2ccc(Cl)cc2Cl)C1=O)c1ccc(Cl)cc1. The molecule has 0 bridgehead atoms. The van der Waals surface area contributed by atoms with E-state index in [4.69, 9.17) is 39.5 Å². The Morgan fingerprint density at radius 1 is 0.971 bits per heavy atom. The predicted molar refractivity (Wildman–Crippen MR) is 139 cm³/mol. The molecule has 0 spiro atoms. The van der Waals surface area contributed by atoms with Gasteiger partial charge in [0, 0.05) is 25.1 Å². The van der Waals surface area contributed by atoms with Crippen LogP contribution in [0.4, 0.5) is 4.79 Å².